The van der Waals surface area contributed by atoms with Crippen molar-refractivity contribution in [1.29, 1.82) is 0 Å². The Hall–Kier alpha value is -1.59. The van der Waals surface area contributed by atoms with Gasteiger partial charge in [0.15, 0.2) is 0 Å². The Bertz CT molecular complexity index is 300. The molecule has 1 atom stereocenters. The molecule has 0 spiro atoms. The predicted octanol–water partition coefficient (Wildman–Crippen LogP) is 0.0375. The Balaban J connectivity index is 2.75. The van der Waals surface area contributed by atoms with Crippen LogP contribution < -0.4 is 5.32 Å². The number of rotatable bonds is 4. The Morgan fingerprint density at radius 1 is 1.53 bits per heavy atom. The number of aliphatic carboxylic acids is 1. The van der Waals surface area contributed by atoms with Crippen LogP contribution in [0.25, 0.3) is 0 Å². The first kappa shape index (κ1) is 11.5. The molecule has 1 rings (SSSR count). The molecule has 84 valence electrons. The smallest absolute Gasteiger partial charge is 0.325 e. The Kier molecular flexibility index (Phi) is 3.28. The van der Waals surface area contributed by atoms with Crippen LogP contribution in [0.4, 0.5) is 4.79 Å². The summed E-state index contributed by atoms with van der Waals surface area (Å²) in [5.41, 5.74) is 0. The number of nitrogens with one attached hydrogen (secondary N) is 1. The van der Waals surface area contributed by atoms with E-state index in [0.29, 0.717) is 6.42 Å². The maximum atomic E-state index is 11.3. The number of carboxylic acids is 1. The summed E-state index contributed by atoms with van der Waals surface area (Å²) in [7, 11) is 0. The fourth-order valence-electron chi connectivity index (χ4n) is 1.55. The lowest BCUT2D eigenvalue weighted by atomic mass is 10.0. The highest BCUT2D eigenvalue weighted by molar-refractivity contribution is 6.05. The summed E-state index contributed by atoms with van der Waals surface area (Å²) < 4.78 is 0. The number of carbonyl (C=O) groups is 3. The van der Waals surface area contributed by atoms with E-state index < -0.39 is 30.5 Å². The van der Waals surface area contributed by atoms with E-state index >= 15 is 0 Å². The molecule has 2 N–H and O–H groups in total. The van der Waals surface area contributed by atoms with Crippen LogP contribution in [-0.4, -0.2) is 40.5 Å². The van der Waals surface area contributed by atoms with E-state index in [4.69, 9.17) is 5.11 Å². The molecule has 1 aliphatic heterocycles. The van der Waals surface area contributed by atoms with Crippen molar-refractivity contribution in [1.82, 2.24) is 10.2 Å². The lowest BCUT2D eigenvalue weighted by Crippen LogP contribution is -2.39. The molecule has 0 bridgehead atoms. The van der Waals surface area contributed by atoms with Gasteiger partial charge in [-0.1, -0.05) is 13.8 Å². The van der Waals surface area contributed by atoms with Crippen LogP contribution in [0, 0.1) is 5.92 Å². The average molecular weight is 214 g/mol. The van der Waals surface area contributed by atoms with Crippen LogP contribution in [0.2, 0.25) is 0 Å². The lowest BCUT2D eigenvalue weighted by Gasteiger charge is -2.20. The van der Waals surface area contributed by atoms with Crippen molar-refractivity contribution < 1.29 is 19.5 Å². The summed E-state index contributed by atoms with van der Waals surface area (Å²) >= 11 is 0. The molecule has 1 fully saturated rings. The quantitative estimate of drug-likeness (QED) is 0.647. The first-order valence-electron chi connectivity index (χ1n) is 4.75. The second-order valence-electron chi connectivity index (χ2n) is 3.96. The lowest BCUT2D eigenvalue weighted by molar-refractivity contribution is -0.138. The third kappa shape index (κ3) is 2.68. The molecule has 0 saturated carbocycles. The van der Waals surface area contributed by atoms with E-state index in [2.05, 4.69) is 5.32 Å². The number of urea groups is 1. The van der Waals surface area contributed by atoms with Crippen LogP contribution in [0.1, 0.15) is 20.3 Å². The fourth-order valence-corrected chi connectivity index (χ4v) is 1.55. The average Bonchev–Trinajstić information content (AvgIpc) is 2.30. The maximum absolute atomic E-state index is 11.3. The van der Waals surface area contributed by atoms with Crippen LogP contribution in [-0.2, 0) is 9.59 Å². The normalized spacial score (nSPS) is 21.0. The van der Waals surface area contributed by atoms with Crippen LogP contribution >= 0.6 is 0 Å². The van der Waals surface area contributed by atoms with Gasteiger partial charge in [-0.25, -0.2) is 4.79 Å². The zero-order chi connectivity index (χ0) is 11.6. The van der Waals surface area contributed by atoms with Gasteiger partial charge in [-0.15, -0.1) is 0 Å². The maximum Gasteiger partial charge on any atom is 0.325 e. The van der Waals surface area contributed by atoms with Gasteiger partial charge in [0.1, 0.15) is 12.6 Å². The van der Waals surface area contributed by atoms with Crippen molar-refractivity contribution in [3.05, 3.63) is 0 Å². The molecule has 3 amide bonds. The summed E-state index contributed by atoms with van der Waals surface area (Å²) in [5, 5.41) is 10.7. The number of hydrogen-bond donors (Lipinski definition) is 2. The minimum Gasteiger partial charge on any atom is -0.480 e. The van der Waals surface area contributed by atoms with Crippen LogP contribution in [0.15, 0.2) is 0 Å². The standard InChI is InChI=1S/C9H14N2O4/c1-5(2)3-6-8(14)10-9(15)11(6)4-7(12)13/h5-6H,3-4H2,1-2H3,(H,12,13)(H,10,14,15). The molecule has 0 aromatic rings. The van der Waals surface area contributed by atoms with Crippen LogP contribution in [0.5, 0.6) is 0 Å². The van der Waals surface area contributed by atoms with Crippen molar-refractivity contribution in [3.63, 3.8) is 0 Å². The third-order valence-corrected chi connectivity index (χ3v) is 2.17. The second kappa shape index (κ2) is 4.29. The predicted molar refractivity (Wildman–Crippen MR) is 51.1 cm³/mol. The summed E-state index contributed by atoms with van der Waals surface area (Å²) in [6, 6.07) is -1.26. The molecule has 1 aliphatic rings. The van der Waals surface area contributed by atoms with E-state index in [1.54, 1.807) is 0 Å². The minimum atomic E-state index is -1.12. The van der Waals surface area contributed by atoms with E-state index in [-0.39, 0.29) is 5.92 Å². The molecule has 15 heavy (non-hydrogen) atoms. The largest absolute Gasteiger partial charge is 0.480 e. The molecule has 0 aromatic carbocycles. The number of carboxylic acid groups (broad SMARTS) is 1. The van der Waals surface area contributed by atoms with Gasteiger partial charge in [0.2, 0.25) is 0 Å². The molecule has 0 aliphatic carbocycles. The molecule has 6 nitrogen and oxygen atoms in total. The summed E-state index contributed by atoms with van der Waals surface area (Å²) in [5.74, 6) is -1.30. The van der Waals surface area contributed by atoms with Crippen molar-refractivity contribution >= 4 is 17.9 Å². The van der Waals surface area contributed by atoms with E-state index in [9.17, 15) is 14.4 Å². The number of nitrogens with zero attached hydrogens (tertiary/aromatic N) is 1. The highest BCUT2D eigenvalue weighted by Crippen LogP contribution is 2.16. The number of amides is 3. The van der Waals surface area contributed by atoms with Gasteiger partial charge in [-0.3, -0.25) is 14.9 Å². The molecule has 0 aromatic heterocycles. The van der Waals surface area contributed by atoms with Gasteiger partial charge in [0, 0.05) is 0 Å². The molecular weight excluding hydrogens is 200 g/mol. The zero-order valence-corrected chi connectivity index (χ0v) is 8.69. The van der Waals surface area contributed by atoms with Gasteiger partial charge in [0.05, 0.1) is 0 Å². The van der Waals surface area contributed by atoms with Crippen molar-refractivity contribution in [2.24, 2.45) is 5.92 Å². The summed E-state index contributed by atoms with van der Waals surface area (Å²) in [6.45, 7) is 3.39. The highest BCUT2D eigenvalue weighted by Gasteiger charge is 2.39. The highest BCUT2D eigenvalue weighted by atomic mass is 16.4. The van der Waals surface area contributed by atoms with E-state index in [1.165, 1.54) is 0 Å². The second-order valence-corrected chi connectivity index (χ2v) is 3.96. The monoisotopic (exact) mass is 214 g/mol. The van der Waals surface area contributed by atoms with E-state index in [1.807, 2.05) is 13.8 Å². The summed E-state index contributed by atoms with van der Waals surface area (Å²) in [4.78, 5) is 34.2. The molecule has 0 radical (unpaired) electrons. The van der Waals surface area contributed by atoms with Gasteiger partial charge in [-0.05, 0) is 12.3 Å². The van der Waals surface area contributed by atoms with Gasteiger partial charge >= 0.3 is 12.0 Å². The van der Waals surface area contributed by atoms with Gasteiger partial charge < -0.3 is 10.0 Å². The SMILES string of the molecule is CC(C)CC1C(=O)NC(=O)N1CC(=O)O. The Labute approximate surface area is 87.2 Å². The number of hydrogen-bond acceptors (Lipinski definition) is 3. The van der Waals surface area contributed by atoms with Gasteiger partial charge in [-0.2, -0.15) is 0 Å². The van der Waals surface area contributed by atoms with Gasteiger partial charge in [0.25, 0.3) is 5.91 Å². The third-order valence-electron chi connectivity index (χ3n) is 2.17. The van der Waals surface area contributed by atoms with Crippen molar-refractivity contribution in [2.45, 2.75) is 26.3 Å². The molecule has 6 heteroatoms. The first-order chi connectivity index (χ1) is 6.91. The topological polar surface area (TPSA) is 86.7 Å². The molecule has 1 heterocycles. The zero-order valence-electron chi connectivity index (χ0n) is 8.69. The number of carbonyl (C=O) groups excluding carboxylic acids is 2. The number of imide groups is 1. The fraction of sp³-hybridized carbons (Fsp3) is 0.667. The molecule has 1 unspecified atom stereocenters. The van der Waals surface area contributed by atoms with Crippen molar-refractivity contribution in [3.8, 4) is 0 Å². The Morgan fingerprint density at radius 3 is 2.60 bits per heavy atom. The van der Waals surface area contributed by atoms with E-state index in [0.717, 1.165) is 4.90 Å². The molecule has 1 saturated heterocycles. The molecular formula is C9H14N2O4. The summed E-state index contributed by atoms with van der Waals surface area (Å²) in [6.07, 6.45) is 0.477. The van der Waals surface area contributed by atoms with Crippen LogP contribution in [0.3, 0.4) is 0 Å². The minimum absolute atomic E-state index is 0.225. The Morgan fingerprint density at radius 2 is 2.13 bits per heavy atom. The first-order valence-corrected chi connectivity index (χ1v) is 4.75. The van der Waals surface area contributed by atoms with Crippen molar-refractivity contribution in [2.75, 3.05) is 6.54 Å².